The van der Waals surface area contributed by atoms with Gasteiger partial charge in [-0.25, -0.2) is 8.42 Å². The van der Waals surface area contributed by atoms with Gasteiger partial charge in [-0.2, -0.15) is 4.31 Å². The number of hydrogen-bond acceptors (Lipinski definition) is 7. The lowest BCUT2D eigenvalue weighted by Crippen LogP contribution is -2.46. The molecule has 0 bridgehead atoms. The van der Waals surface area contributed by atoms with Crippen LogP contribution in [0.2, 0.25) is 0 Å². The summed E-state index contributed by atoms with van der Waals surface area (Å²) in [5.74, 6) is 0.319. The van der Waals surface area contributed by atoms with Crippen LogP contribution in [0.4, 0.5) is 0 Å². The van der Waals surface area contributed by atoms with E-state index >= 15 is 0 Å². The molecule has 2 atom stereocenters. The average Bonchev–Trinajstić information content (AvgIpc) is 3.11. The molecule has 0 N–H and O–H groups in total. The van der Waals surface area contributed by atoms with Crippen LogP contribution >= 0.6 is 0 Å². The molecule has 0 aromatic carbocycles. The Hall–Kier alpha value is -1.94. The number of rotatable bonds is 6. The lowest BCUT2D eigenvalue weighted by atomic mass is 9.82. The predicted molar refractivity (Wildman–Crippen MR) is 113 cm³/mol. The second kappa shape index (κ2) is 9.68. The number of esters is 1. The molecule has 9 nitrogen and oxygen atoms in total. The van der Waals surface area contributed by atoms with Gasteiger partial charge in [0, 0.05) is 32.6 Å². The van der Waals surface area contributed by atoms with Crippen molar-refractivity contribution in [2.24, 2.45) is 17.8 Å². The normalized spacial score (nSPS) is 23.7. The van der Waals surface area contributed by atoms with Gasteiger partial charge < -0.3 is 14.2 Å². The van der Waals surface area contributed by atoms with Gasteiger partial charge in [-0.1, -0.05) is 18.5 Å². The summed E-state index contributed by atoms with van der Waals surface area (Å²) < 4.78 is 37.7. The molecule has 174 valence electrons. The van der Waals surface area contributed by atoms with Crippen molar-refractivity contribution in [3.05, 3.63) is 11.5 Å². The summed E-state index contributed by atoms with van der Waals surface area (Å²) in [5, 5.41) is 3.78. The number of piperidine rings is 2. The molecule has 31 heavy (non-hydrogen) atoms. The number of aromatic nitrogens is 1. The average molecular weight is 456 g/mol. The summed E-state index contributed by atoms with van der Waals surface area (Å²) in [6, 6.07) is 0. The van der Waals surface area contributed by atoms with Crippen LogP contribution in [0.5, 0.6) is 0 Å². The Morgan fingerprint density at radius 1 is 1.13 bits per heavy atom. The summed E-state index contributed by atoms with van der Waals surface area (Å²) in [4.78, 5) is 26.6. The Bertz CT molecular complexity index is 885. The van der Waals surface area contributed by atoms with Crippen LogP contribution in [0.25, 0.3) is 0 Å². The first-order valence-electron chi connectivity index (χ1n) is 11.0. The Labute approximate surface area is 184 Å². The molecule has 2 aliphatic heterocycles. The standard InChI is InChI=1S/C21H33N3O6S/c1-5-16-13-24(31(27,28)20-14(2)22-30-15(20)3)11-8-18(16)12-19(25)23-9-6-17(7-10-23)21(26)29-4/h16-18H,5-13H2,1-4H3. The highest BCUT2D eigenvalue weighted by Gasteiger charge is 2.39. The number of sulfonamides is 1. The monoisotopic (exact) mass is 455 g/mol. The highest BCUT2D eigenvalue weighted by molar-refractivity contribution is 7.89. The van der Waals surface area contributed by atoms with E-state index in [1.54, 1.807) is 13.8 Å². The van der Waals surface area contributed by atoms with Crippen molar-refractivity contribution >= 4 is 21.9 Å². The lowest BCUT2D eigenvalue weighted by Gasteiger charge is -2.38. The van der Waals surface area contributed by atoms with E-state index in [0.717, 1.165) is 6.42 Å². The van der Waals surface area contributed by atoms with E-state index < -0.39 is 10.0 Å². The quantitative estimate of drug-likeness (QED) is 0.604. The molecule has 0 radical (unpaired) electrons. The van der Waals surface area contributed by atoms with Gasteiger partial charge in [0.05, 0.1) is 13.0 Å². The minimum Gasteiger partial charge on any atom is -0.469 e. The SMILES string of the molecule is CCC1CN(S(=O)(=O)c2c(C)noc2C)CCC1CC(=O)N1CCC(C(=O)OC)CC1. The maximum absolute atomic E-state index is 13.2. The molecular formula is C21H33N3O6S. The zero-order chi connectivity index (χ0) is 22.8. The third-order valence-electron chi connectivity index (χ3n) is 6.76. The van der Waals surface area contributed by atoms with E-state index in [1.807, 2.05) is 11.8 Å². The van der Waals surface area contributed by atoms with Gasteiger partial charge in [0.2, 0.25) is 15.9 Å². The van der Waals surface area contributed by atoms with Crippen molar-refractivity contribution in [3.8, 4) is 0 Å². The van der Waals surface area contributed by atoms with E-state index in [1.165, 1.54) is 11.4 Å². The number of carbonyl (C=O) groups excluding carboxylic acids is 2. The number of aryl methyl sites for hydroxylation is 2. The minimum atomic E-state index is -3.67. The van der Waals surface area contributed by atoms with E-state index in [9.17, 15) is 18.0 Å². The van der Waals surface area contributed by atoms with Gasteiger partial charge in [0.1, 0.15) is 10.6 Å². The molecule has 2 saturated heterocycles. The molecule has 0 spiro atoms. The number of methoxy groups -OCH3 is 1. The maximum Gasteiger partial charge on any atom is 0.308 e. The van der Waals surface area contributed by atoms with Crippen LogP contribution in [0.3, 0.4) is 0 Å². The smallest absolute Gasteiger partial charge is 0.308 e. The number of nitrogens with zero attached hydrogens (tertiary/aromatic N) is 3. The first-order chi connectivity index (χ1) is 14.7. The van der Waals surface area contributed by atoms with Gasteiger partial charge in [-0.15, -0.1) is 0 Å². The first kappa shape index (κ1) is 23.7. The number of carbonyl (C=O) groups is 2. The third-order valence-corrected chi connectivity index (χ3v) is 8.87. The summed E-state index contributed by atoms with van der Waals surface area (Å²) in [7, 11) is -2.28. The van der Waals surface area contributed by atoms with Gasteiger partial charge in [-0.3, -0.25) is 9.59 Å². The lowest BCUT2D eigenvalue weighted by molar-refractivity contribution is -0.149. The number of ether oxygens (including phenoxy) is 1. The van der Waals surface area contributed by atoms with E-state index in [2.05, 4.69) is 5.16 Å². The maximum atomic E-state index is 13.2. The number of amides is 1. The zero-order valence-corrected chi connectivity index (χ0v) is 19.6. The van der Waals surface area contributed by atoms with Crippen LogP contribution in [-0.4, -0.2) is 67.9 Å². The highest BCUT2D eigenvalue weighted by Crippen LogP contribution is 2.34. The topological polar surface area (TPSA) is 110 Å². The largest absolute Gasteiger partial charge is 0.469 e. The second-order valence-electron chi connectivity index (χ2n) is 8.62. The van der Waals surface area contributed by atoms with E-state index in [4.69, 9.17) is 9.26 Å². The molecule has 0 aliphatic carbocycles. The number of likely N-dealkylation sites (tertiary alicyclic amines) is 1. The minimum absolute atomic E-state index is 0.0915. The molecule has 1 aromatic rings. The third kappa shape index (κ3) is 4.95. The van der Waals surface area contributed by atoms with Crippen LogP contribution < -0.4 is 0 Å². The molecule has 0 saturated carbocycles. The molecule has 1 amide bonds. The van der Waals surface area contributed by atoms with Gasteiger partial charge in [0.25, 0.3) is 0 Å². The first-order valence-corrected chi connectivity index (χ1v) is 12.4. The molecule has 2 unspecified atom stereocenters. The fourth-order valence-corrected chi connectivity index (χ4v) is 6.66. The van der Waals surface area contributed by atoms with Crippen LogP contribution in [0, 0.1) is 31.6 Å². The zero-order valence-electron chi connectivity index (χ0n) is 18.8. The highest BCUT2D eigenvalue weighted by atomic mass is 32.2. The Balaban J connectivity index is 1.60. The molecule has 1 aromatic heterocycles. The van der Waals surface area contributed by atoms with Crippen molar-refractivity contribution < 1.29 is 27.3 Å². The van der Waals surface area contributed by atoms with Crippen molar-refractivity contribution in [2.45, 2.75) is 57.8 Å². The molecule has 3 rings (SSSR count). The van der Waals surface area contributed by atoms with Gasteiger partial charge >= 0.3 is 5.97 Å². The van der Waals surface area contributed by atoms with Crippen molar-refractivity contribution in [1.29, 1.82) is 0 Å². The van der Waals surface area contributed by atoms with Gasteiger partial charge in [0.15, 0.2) is 5.76 Å². The summed E-state index contributed by atoms with van der Waals surface area (Å²) >= 11 is 0. The fourth-order valence-electron chi connectivity index (χ4n) is 4.85. The second-order valence-corrected chi connectivity index (χ2v) is 10.5. The molecule has 2 fully saturated rings. The van der Waals surface area contributed by atoms with Crippen LogP contribution in [0.1, 0.15) is 50.5 Å². The Morgan fingerprint density at radius 3 is 2.35 bits per heavy atom. The summed E-state index contributed by atoms with van der Waals surface area (Å²) in [5.41, 5.74) is 0.373. The fraction of sp³-hybridized carbons (Fsp3) is 0.762. The molecule has 3 heterocycles. The molecule has 2 aliphatic rings. The van der Waals surface area contributed by atoms with E-state index in [-0.39, 0.29) is 34.5 Å². The summed E-state index contributed by atoms with van der Waals surface area (Å²) in [6.07, 6.45) is 3.12. The van der Waals surface area contributed by atoms with Crippen LogP contribution in [0.15, 0.2) is 9.42 Å². The molecule has 10 heteroatoms. The van der Waals surface area contributed by atoms with Crippen LogP contribution in [-0.2, 0) is 24.3 Å². The Kier molecular flexibility index (Phi) is 7.41. The van der Waals surface area contributed by atoms with E-state index in [0.29, 0.717) is 63.3 Å². The number of hydrogen-bond donors (Lipinski definition) is 0. The predicted octanol–water partition coefficient (Wildman–Crippen LogP) is 2.13. The van der Waals surface area contributed by atoms with Crippen molar-refractivity contribution in [1.82, 2.24) is 14.4 Å². The van der Waals surface area contributed by atoms with Gasteiger partial charge in [-0.05, 0) is 44.9 Å². The van der Waals surface area contributed by atoms with Crippen molar-refractivity contribution in [2.75, 3.05) is 33.3 Å². The Morgan fingerprint density at radius 2 is 1.81 bits per heavy atom. The summed E-state index contributed by atoms with van der Waals surface area (Å²) in [6.45, 7) is 7.18. The van der Waals surface area contributed by atoms with Crippen molar-refractivity contribution in [3.63, 3.8) is 0 Å². The molecular weight excluding hydrogens is 422 g/mol.